The van der Waals surface area contributed by atoms with Gasteiger partial charge in [0, 0.05) is 7.11 Å². The molecular weight excluding hydrogens is 216 g/mol. The van der Waals surface area contributed by atoms with Gasteiger partial charge in [0.1, 0.15) is 0 Å². The number of hydrogen-bond acceptors (Lipinski definition) is 3. The van der Waals surface area contributed by atoms with Crippen LogP contribution < -0.4 is 0 Å². The lowest BCUT2D eigenvalue weighted by molar-refractivity contribution is -0.140. The zero-order valence-electron chi connectivity index (χ0n) is 8.70. The molecule has 1 rings (SSSR count). The van der Waals surface area contributed by atoms with E-state index in [0.29, 0.717) is 6.61 Å². The largest absolute Gasteiger partial charge is 0.468 e. The Morgan fingerprint density at radius 1 is 1.33 bits per heavy atom. The molecule has 1 atom stereocenters. The second kappa shape index (κ2) is 5.73. The topological polar surface area (TPSA) is 35.5 Å². The van der Waals surface area contributed by atoms with Crippen LogP contribution in [0.3, 0.4) is 0 Å². The average Bonchev–Trinajstić information content (AvgIpc) is 2.28. The highest BCUT2D eigenvalue weighted by Crippen LogP contribution is 2.22. The summed E-state index contributed by atoms with van der Waals surface area (Å²) >= 11 is 5.88. The third kappa shape index (κ3) is 3.22. The summed E-state index contributed by atoms with van der Waals surface area (Å²) in [7, 11) is 2.95. The molecule has 82 valence electrons. The van der Waals surface area contributed by atoms with Gasteiger partial charge in [-0.3, -0.25) is 4.79 Å². The van der Waals surface area contributed by atoms with Crippen molar-refractivity contribution in [1.29, 1.82) is 0 Å². The molecule has 0 aromatic heterocycles. The predicted octanol–water partition coefficient (Wildman–Crippen LogP) is 2.29. The van der Waals surface area contributed by atoms with E-state index in [2.05, 4.69) is 4.74 Å². The maximum Gasteiger partial charge on any atom is 0.328 e. The smallest absolute Gasteiger partial charge is 0.328 e. The fraction of sp³-hybridized carbons (Fsp3) is 0.364. The van der Waals surface area contributed by atoms with Crippen LogP contribution >= 0.6 is 11.6 Å². The third-order valence-corrected chi connectivity index (χ3v) is 2.42. The zero-order valence-corrected chi connectivity index (χ0v) is 9.45. The third-order valence-electron chi connectivity index (χ3n) is 1.99. The van der Waals surface area contributed by atoms with Gasteiger partial charge in [-0.05, 0) is 11.1 Å². The number of benzene rings is 1. The summed E-state index contributed by atoms with van der Waals surface area (Å²) in [6, 6.07) is 7.33. The van der Waals surface area contributed by atoms with Gasteiger partial charge in [0.25, 0.3) is 0 Å². The molecule has 4 heteroatoms. The highest BCUT2D eigenvalue weighted by atomic mass is 35.5. The Morgan fingerprint density at radius 3 is 2.40 bits per heavy atom. The first kappa shape index (κ1) is 12.0. The molecule has 0 aliphatic rings. The molecule has 0 N–H and O–H groups in total. The standard InChI is InChI=1S/C11H13ClO3/c1-14-7-8-3-5-9(6-4-8)10(12)11(13)15-2/h3-6,10H,7H2,1-2H3. The fourth-order valence-electron chi connectivity index (χ4n) is 1.19. The normalized spacial score (nSPS) is 12.2. The lowest BCUT2D eigenvalue weighted by Crippen LogP contribution is -2.08. The molecule has 0 saturated heterocycles. The van der Waals surface area contributed by atoms with Crippen molar-refractivity contribution in [3.8, 4) is 0 Å². The van der Waals surface area contributed by atoms with Crippen molar-refractivity contribution in [2.45, 2.75) is 12.0 Å². The predicted molar refractivity (Wildman–Crippen MR) is 57.8 cm³/mol. The van der Waals surface area contributed by atoms with Gasteiger partial charge >= 0.3 is 5.97 Å². The minimum absolute atomic E-state index is 0.448. The van der Waals surface area contributed by atoms with Crippen LogP contribution in [-0.2, 0) is 20.9 Å². The molecule has 0 aliphatic carbocycles. The molecule has 15 heavy (non-hydrogen) atoms. The van der Waals surface area contributed by atoms with Gasteiger partial charge in [-0.2, -0.15) is 0 Å². The Morgan fingerprint density at radius 2 is 1.93 bits per heavy atom. The van der Waals surface area contributed by atoms with Crippen molar-refractivity contribution in [1.82, 2.24) is 0 Å². The van der Waals surface area contributed by atoms with Gasteiger partial charge in [-0.25, -0.2) is 0 Å². The van der Waals surface area contributed by atoms with Crippen LogP contribution in [0.25, 0.3) is 0 Å². The quantitative estimate of drug-likeness (QED) is 0.586. The van der Waals surface area contributed by atoms with Crippen LogP contribution in [0, 0.1) is 0 Å². The minimum Gasteiger partial charge on any atom is -0.468 e. The maximum absolute atomic E-state index is 11.1. The molecule has 0 spiro atoms. The molecule has 1 unspecified atom stereocenters. The second-order valence-electron chi connectivity index (χ2n) is 3.06. The number of hydrogen-bond donors (Lipinski definition) is 0. The van der Waals surface area contributed by atoms with E-state index in [1.54, 1.807) is 19.2 Å². The van der Waals surface area contributed by atoms with E-state index in [0.717, 1.165) is 11.1 Å². The van der Waals surface area contributed by atoms with Gasteiger partial charge < -0.3 is 9.47 Å². The van der Waals surface area contributed by atoms with Crippen LogP contribution in [0.4, 0.5) is 0 Å². The van der Waals surface area contributed by atoms with Crippen molar-refractivity contribution in [2.75, 3.05) is 14.2 Å². The second-order valence-corrected chi connectivity index (χ2v) is 3.50. The summed E-state index contributed by atoms with van der Waals surface area (Å²) in [5.41, 5.74) is 1.76. The van der Waals surface area contributed by atoms with Crippen LogP contribution in [0.1, 0.15) is 16.5 Å². The summed E-state index contributed by atoms with van der Waals surface area (Å²) in [6.45, 7) is 0.547. The van der Waals surface area contributed by atoms with Gasteiger partial charge in [-0.1, -0.05) is 24.3 Å². The fourth-order valence-corrected chi connectivity index (χ4v) is 1.42. The highest BCUT2D eigenvalue weighted by molar-refractivity contribution is 6.29. The number of rotatable bonds is 4. The summed E-state index contributed by atoms with van der Waals surface area (Å²) in [5.74, 6) is -0.448. The number of ether oxygens (including phenoxy) is 2. The number of esters is 1. The first-order valence-electron chi connectivity index (χ1n) is 4.48. The molecule has 0 bridgehead atoms. The number of methoxy groups -OCH3 is 2. The van der Waals surface area contributed by atoms with Crippen molar-refractivity contribution in [3.63, 3.8) is 0 Å². The van der Waals surface area contributed by atoms with E-state index in [1.165, 1.54) is 7.11 Å². The van der Waals surface area contributed by atoms with Crippen molar-refractivity contribution in [2.24, 2.45) is 0 Å². The summed E-state index contributed by atoms with van der Waals surface area (Å²) < 4.78 is 9.52. The van der Waals surface area contributed by atoms with Crippen LogP contribution in [0.2, 0.25) is 0 Å². The Bertz CT molecular complexity index is 321. The molecule has 0 heterocycles. The van der Waals surface area contributed by atoms with Crippen molar-refractivity contribution in [3.05, 3.63) is 35.4 Å². The first-order valence-corrected chi connectivity index (χ1v) is 4.92. The summed E-state index contributed by atoms with van der Waals surface area (Å²) in [4.78, 5) is 11.1. The lowest BCUT2D eigenvalue weighted by Gasteiger charge is -2.08. The minimum atomic E-state index is -0.744. The Hall–Kier alpha value is -1.06. The van der Waals surface area contributed by atoms with Crippen molar-refractivity contribution >= 4 is 17.6 Å². The SMILES string of the molecule is COCc1ccc(C(Cl)C(=O)OC)cc1. The number of alkyl halides is 1. The van der Waals surface area contributed by atoms with E-state index in [9.17, 15) is 4.79 Å². The number of halogens is 1. The lowest BCUT2D eigenvalue weighted by atomic mass is 10.1. The Labute approximate surface area is 93.9 Å². The summed E-state index contributed by atoms with van der Waals surface area (Å²) in [5, 5.41) is -0.744. The van der Waals surface area contributed by atoms with Gasteiger partial charge in [0.05, 0.1) is 13.7 Å². The molecule has 0 amide bonds. The average molecular weight is 229 g/mol. The van der Waals surface area contributed by atoms with E-state index in [-0.39, 0.29) is 0 Å². The zero-order chi connectivity index (χ0) is 11.3. The van der Waals surface area contributed by atoms with Gasteiger partial charge in [-0.15, -0.1) is 11.6 Å². The van der Waals surface area contributed by atoms with E-state index in [1.807, 2.05) is 12.1 Å². The molecular formula is C11H13ClO3. The maximum atomic E-state index is 11.1. The monoisotopic (exact) mass is 228 g/mol. The number of carbonyl (C=O) groups excluding carboxylic acids is 1. The van der Waals surface area contributed by atoms with Crippen molar-refractivity contribution < 1.29 is 14.3 Å². The molecule has 3 nitrogen and oxygen atoms in total. The van der Waals surface area contributed by atoms with Gasteiger partial charge in [0.15, 0.2) is 5.38 Å². The Balaban J connectivity index is 2.75. The van der Waals surface area contributed by atoms with Crippen LogP contribution in [0.15, 0.2) is 24.3 Å². The summed E-state index contributed by atoms with van der Waals surface area (Å²) in [6.07, 6.45) is 0. The van der Waals surface area contributed by atoms with Crippen LogP contribution in [0.5, 0.6) is 0 Å². The van der Waals surface area contributed by atoms with Crippen LogP contribution in [-0.4, -0.2) is 20.2 Å². The molecule has 0 aliphatic heterocycles. The van der Waals surface area contributed by atoms with E-state index >= 15 is 0 Å². The first-order chi connectivity index (χ1) is 7.19. The molecule has 0 radical (unpaired) electrons. The Kier molecular flexibility index (Phi) is 4.59. The molecule has 0 saturated carbocycles. The molecule has 1 aromatic rings. The number of carbonyl (C=O) groups is 1. The molecule has 1 aromatic carbocycles. The highest BCUT2D eigenvalue weighted by Gasteiger charge is 2.17. The van der Waals surface area contributed by atoms with Gasteiger partial charge in [0.2, 0.25) is 0 Å². The van der Waals surface area contributed by atoms with E-state index < -0.39 is 11.3 Å². The molecule has 0 fully saturated rings. The van der Waals surface area contributed by atoms with E-state index in [4.69, 9.17) is 16.3 Å².